The molecule has 0 saturated carbocycles. The summed E-state index contributed by atoms with van der Waals surface area (Å²) in [5, 5.41) is 7.93. The van der Waals surface area contributed by atoms with Gasteiger partial charge in [0, 0.05) is 31.4 Å². The zero-order valence-corrected chi connectivity index (χ0v) is 17.1. The van der Waals surface area contributed by atoms with E-state index in [0.29, 0.717) is 17.8 Å². The van der Waals surface area contributed by atoms with E-state index in [4.69, 9.17) is 9.26 Å². The molecule has 148 valence electrons. The van der Waals surface area contributed by atoms with E-state index >= 15 is 0 Å². The lowest BCUT2D eigenvalue weighted by atomic mass is 10.00. The van der Waals surface area contributed by atoms with Gasteiger partial charge >= 0.3 is 0 Å². The van der Waals surface area contributed by atoms with Gasteiger partial charge in [0.25, 0.3) is 11.6 Å². The first-order chi connectivity index (χ1) is 12.7. The highest BCUT2D eigenvalue weighted by Gasteiger charge is 2.33. The van der Waals surface area contributed by atoms with Gasteiger partial charge in [-0.25, -0.2) is 4.98 Å². The van der Waals surface area contributed by atoms with Crippen molar-refractivity contribution in [1.82, 2.24) is 20.4 Å². The molecular weight excluding hydrogens is 344 g/mol. The summed E-state index contributed by atoms with van der Waals surface area (Å²) in [6, 6.07) is 1.81. The van der Waals surface area contributed by atoms with Crippen molar-refractivity contribution in [2.75, 3.05) is 19.6 Å². The average molecular weight is 374 g/mol. The third-order valence-electron chi connectivity index (χ3n) is 5.12. The fourth-order valence-corrected chi connectivity index (χ4v) is 3.57. The number of amides is 1. The molecule has 2 aromatic rings. The van der Waals surface area contributed by atoms with Crippen LogP contribution < -0.4 is 5.32 Å². The molecule has 27 heavy (non-hydrogen) atoms. The number of rotatable bonds is 5. The fourth-order valence-electron chi connectivity index (χ4n) is 3.57. The van der Waals surface area contributed by atoms with Crippen molar-refractivity contribution in [1.29, 1.82) is 0 Å². The molecule has 0 radical (unpaired) electrons. The van der Waals surface area contributed by atoms with Crippen LogP contribution in [0.15, 0.2) is 16.8 Å². The Labute approximate surface area is 160 Å². The SMILES string of the molecule is CC(C)c1noc2ncc(C(=O)NCC(C)(C)N3C[C@@H](C)O[C@H](C)C3)cc12. The number of nitrogens with zero attached hydrogens (tertiary/aromatic N) is 3. The van der Waals surface area contributed by atoms with Crippen molar-refractivity contribution < 1.29 is 14.1 Å². The number of hydrogen-bond donors (Lipinski definition) is 1. The molecule has 0 aromatic carbocycles. The number of aromatic nitrogens is 2. The minimum Gasteiger partial charge on any atom is -0.373 e. The van der Waals surface area contributed by atoms with Crippen molar-refractivity contribution in [2.45, 2.75) is 65.2 Å². The summed E-state index contributed by atoms with van der Waals surface area (Å²) in [5.41, 5.74) is 1.64. The van der Waals surface area contributed by atoms with Crippen LogP contribution in [0, 0.1) is 0 Å². The number of pyridine rings is 1. The largest absolute Gasteiger partial charge is 0.373 e. The maximum atomic E-state index is 12.7. The number of carbonyl (C=O) groups is 1. The monoisotopic (exact) mass is 374 g/mol. The van der Waals surface area contributed by atoms with Gasteiger partial charge in [0.1, 0.15) is 0 Å². The van der Waals surface area contributed by atoms with Crippen LogP contribution in [0.1, 0.15) is 63.5 Å². The van der Waals surface area contributed by atoms with Crippen molar-refractivity contribution in [2.24, 2.45) is 0 Å². The number of nitrogens with one attached hydrogen (secondary N) is 1. The Bertz CT molecular complexity index is 805. The van der Waals surface area contributed by atoms with Crippen molar-refractivity contribution >= 4 is 17.0 Å². The zero-order chi connectivity index (χ0) is 19.8. The van der Waals surface area contributed by atoms with E-state index < -0.39 is 0 Å². The number of ether oxygens (including phenoxy) is 1. The molecule has 0 spiro atoms. The third kappa shape index (κ3) is 4.30. The van der Waals surface area contributed by atoms with Gasteiger partial charge in [0.2, 0.25) is 0 Å². The minimum atomic E-state index is -0.167. The highest BCUT2D eigenvalue weighted by atomic mass is 16.5. The van der Waals surface area contributed by atoms with Gasteiger partial charge in [-0.2, -0.15) is 0 Å². The summed E-state index contributed by atoms with van der Waals surface area (Å²) in [6.45, 7) is 14.8. The molecule has 3 heterocycles. The molecule has 0 unspecified atom stereocenters. The first-order valence-electron chi connectivity index (χ1n) is 9.61. The van der Waals surface area contributed by atoms with E-state index in [0.717, 1.165) is 24.2 Å². The van der Waals surface area contributed by atoms with Crippen LogP contribution in [-0.2, 0) is 4.74 Å². The van der Waals surface area contributed by atoms with Gasteiger partial charge in [-0.3, -0.25) is 9.69 Å². The molecule has 1 amide bonds. The van der Waals surface area contributed by atoms with Crippen LogP contribution in [0.25, 0.3) is 11.1 Å². The maximum Gasteiger partial charge on any atom is 0.257 e. The molecular formula is C20H30N4O3. The number of carbonyl (C=O) groups excluding carboxylic acids is 1. The van der Waals surface area contributed by atoms with Crippen LogP contribution in [0.4, 0.5) is 0 Å². The maximum absolute atomic E-state index is 12.7. The lowest BCUT2D eigenvalue weighted by molar-refractivity contribution is -0.0948. The quantitative estimate of drug-likeness (QED) is 0.867. The lowest BCUT2D eigenvalue weighted by Crippen LogP contribution is -2.58. The molecule has 7 heteroatoms. The van der Waals surface area contributed by atoms with E-state index in [2.05, 4.69) is 48.1 Å². The molecule has 7 nitrogen and oxygen atoms in total. The second kappa shape index (κ2) is 7.56. The van der Waals surface area contributed by atoms with Gasteiger partial charge in [-0.05, 0) is 39.7 Å². The van der Waals surface area contributed by atoms with Crippen LogP contribution in [-0.4, -0.2) is 58.3 Å². The topological polar surface area (TPSA) is 80.5 Å². The van der Waals surface area contributed by atoms with E-state index in [9.17, 15) is 4.79 Å². The number of hydrogen-bond acceptors (Lipinski definition) is 6. The number of fused-ring (bicyclic) bond motifs is 1. The second-order valence-corrected chi connectivity index (χ2v) is 8.46. The van der Waals surface area contributed by atoms with Gasteiger partial charge in [0.05, 0.1) is 28.9 Å². The highest BCUT2D eigenvalue weighted by molar-refractivity contribution is 5.97. The Morgan fingerprint density at radius 1 is 1.33 bits per heavy atom. The molecule has 1 saturated heterocycles. The molecule has 1 N–H and O–H groups in total. The Morgan fingerprint density at radius 2 is 2.00 bits per heavy atom. The molecule has 1 fully saturated rings. The van der Waals surface area contributed by atoms with Gasteiger partial charge in [0.15, 0.2) is 0 Å². The molecule has 1 aliphatic rings. The van der Waals surface area contributed by atoms with Gasteiger partial charge in [-0.1, -0.05) is 19.0 Å². The molecule has 2 aromatic heterocycles. The summed E-state index contributed by atoms with van der Waals surface area (Å²) < 4.78 is 11.1. The summed E-state index contributed by atoms with van der Waals surface area (Å²) in [6.07, 6.45) is 1.93. The summed E-state index contributed by atoms with van der Waals surface area (Å²) in [7, 11) is 0. The molecule has 3 rings (SSSR count). The van der Waals surface area contributed by atoms with Crippen LogP contribution in [0.3, 0.4) is 0 Å². The summed E-state index contributed by atoms with van der Waals surface area (Å²) >= 11 is 0. The van der Waals surface area contributed by atoms with Gasteiger partial charge in [-0.15, -0.1) is 0 Å². The predicted molar refractivity (Wildman–Crippen MR) is 104 cm³/mol. The minimum absolute atomic E-state index is 0.136. The van der Waals surface area contributed by atoms with E-state index in [1.807, 2.05) is 19.9 Å². The molecule has 1 aliphatic heterocycles. The van der Waals surface area contributed by atoms with Crippen LogP contribution in [0.2, 0.25) is 0 Å². The Balaban J connectivity index is 1.69. The Hall–Kier alpha value is -1.99. The smallest absolute Gasteiger partial charge is 0.257 e. The van der Waals surface area contributed by atoms with Crippen molar-refractivity contribution in [3.05, 3.63) is 23.5 Å². The standard InChI is InChI=1S/C20H30N4O3/c1-12(2)17-16-7-15(8-21-19(16)27-23-17)18(25)22-11-20(5,6)24-9-13(3)26-14(4)10-24/h7-8,12-14H,9-11H2,1-6H3,(H,22,25)/t13-,14-/m1/s1. The highest BCUT2D eigenvalue weighted by Crippen LogP contribution is 2.24. The van der Waals surface area contributed by atoms with E-state index in [1.54, 1.807) is 6.20 Å². The first-order valence-corrected chi connectivity index (χ1v) is 9.61. The van der Waals surface area contributed by atoms with Crippen molar-refractivity contribution in [3.8, 4) is 0 Å². The fraction of sp³-hybridized carbons (Fsp3) is 0.650. The lowest BCUT2D eigenvalue weighted by Gasteiger charge is -2.45. The predicted octanol–water partition coefficient (Wildman–Crippen LogP) is 2.96. The van der Waals surface area contributed by atoms with Gasteiger partial charge < -0.3 is 14.6 Å². The molecule has 2 atom stereocenters. The second-order valence-electron chi connectivity index (χ2n) is 8.46. The zero-order valence-electron chi connectivity index (χ0n) is 17.1. The normalized spacial score (nSPS) is 21.7. The number of morpholine rings is 1. The van der Waals surface area contributed by atoms with Crippen LogP contribution in [0.5, 0.6) is 0 Å². The first kappa shape index (κ1) is 19.8. The average Bonchev–Trinajstić information content (AvgIpc) is 3.02. The van der Waals surface area contributed by atoms with E-state index in [-0.39, 0.29) is 29.6 Å². The Morgan fingerprint density at radius 3 is 2.63 bits per heavy atom. The summed E-state index contributed by atoms with van der Waals surface area (Å²) in [5.74, 6) is 0.0679. The summed E-state index contributed by atoms with van der Waals surface area (Å²) in [4.78, 5) is 19.3. The molecule has 0 bridgehead atoms. The molecule has 0 aliphatic carbocycles. The van der Waals surface area contributed by atoms with Crippen molar-refractivity contribution in [3.63, 3.8) is 0 Å². The Kier molecular flexibility index (Phi) is 5.53. The van der Waals surface area contributed by atoms with E-state index in [1.165, 1.54) is 0 Å². The van der Waals surface area contributed by atoms with Crippen LogP contribution >= 0.6 is 0 Å². The third-order valence-corrected chi connectivity index (χ3v) is 5.12.